The van der Waals surface area contributed by atoms with Crippen molar-refractivity contribution in [3.05, 3.63) is 48.2 Å². The van der Waals surface area contributed by atoms with Crippen LogP contribution in [0.3, 0.4) is 0 Å². The molecule has 0 radical (unpaired) electrons. The molecule has 0 spiro atoms. The second-order valence-electron chi connectivity index (χ2n) is 4.70. The third-order valence-corrected chi connectivity index (χ3v) is 3.12. The number of hydrogen-bond acceptors (Lipinski definition) is 4. The Morgan fingerprint density at radius 1 is 1.14 bits per heavy atom. The summed E-state index contributed by atoms with van der Waals surface area (Å²) in [4.78, 5) is 4.32. The van der Waals surface area contributed by atoms with Crippen molar-refractivity contribution in [3.8, 4) is 11.3 Å². The normalized spacial score (nSPS) is 10.0. The van der Waals surface area contributed by atoms with Gasteiger partial charge < -0.3 is 11.1 Å². The van der Waals surface area contributed by atoms with E-state index >= 15 is 0 Å². The van der Waals surface area contributed by atoms with Crippen molar-refractivity contribution < 1.29 is 0 Å². The summed E-state index contributed by atoms with van der Waals surface area (Å²) in [6, 6.07) is 11.8. The van der Waals surface area contributed by atoms with Crippen molar-refractivity contribution in [2.75, 3.05) is 5.32 Å². The highest BCUT2D eigenvalue weighted by Crippen LogP contribution is 2.28. The first kappa shape index (κ1) is 15.7. The fraction of sp³-hybridized carbons (Fsp3) is 0.0667. The van der Waals surface area contributed by atoms with Gasteiger partial charge >= 0.3 is 0 Å². The smallest absolute Gasteiger partial charge is 0.191 e. The second-order valence-corrected chi connectivity index (χ2v) is 4.70. The number of anilines is 1. The first-order chi connectivity index (χ1) is 10.1. The molecule has 112 valence electrons. The van der Waals surface area contributed by atoms with Crippen molar-refractivity contribution in [2.24, 2.45) is 5.73 Å². The number of guanidine groups is 1. The number of hydrogen-bond donors (Lipinski definition) is 3. The largest absolute Gasteiger partial charge is 0.370 e. The molecule has 2 heterocycles. The SMILES string of the molecule is Cc1ccc(-c2nnc(NC(=N)N)c3ncccc23)cc1.Cl. The summed E-state index contributed by atoms with van der Waals surface area (Å²) in [6.07, 6.45) is 1.67. The standard InChI is InChI=1S/C15H14N6.ClH/c1-9-4-6-10(7-5-9)12-11-3-2-8-18-13(11)14(21-20-12)19-15(16)17;/h2-8H,1H3,(H4,16,17,19,21);1H. The zero-order valence-corrected chi connectivity index (χ0v) is 12.7. The van der Waals surface area contributed by atoms with Gasteiger partial charge in [0.15, 0.2) is 11.8 Å². The summed E-state index contributed by atoms with van der Waals surface area (Å²) in [7, 11) is 0. The van der Waals surface area contributed by atoms with Gasteiger partial charge in [0.05, 0.1) is 0 Å². The molecule has 6 nitrogen and oxygen atoms in total. The van der Waals surface area contributed by atoms with Crippen LogP contribution in [0.25, 0.3) is 22.2 Å². The maximum atomic E-state index is 7.32. The highest BCUT2D eigenvalue weighted by molar-refractivity contribution is 6.02. The Hall–Kier alpha value is -2.73. The number of nitrogens with zero attached hydrogens (tertiary/aromatic N) is 3. The Balaban J connectivity index is 0.00000176. The Morgan fingerprint density at radius 2 is 1.86 bits per heavy atom. The van der Waals surface area contributed by atoms with E-state index in [4.69, 9.17) is 11.1 Å². The van der Waals surface area contributed by atoms with Crippen molar-refractivity contribution >= 4 is 35.1 Å². The number of aryl methyl sites for hydroxylation is 1. The molecule has 0 saturated carbocycles. The molecule has 2 aromatic heterocycles. The molecule has 0 atom stereocenters. The molecule has 0 amide bonds. The number of halogens is 1. The quantitative estimate of drug-likeness (QED) is 0.499. The van der Waals surface area contributed by atoms with Crippen LogP contribution in [0.4, 0.5) is 5.82 Å². The topological polar surface area (TPSA) is 101 Å². The number of fused-ring (bicyclic) bond motifs is 1. The number of nitrogens with one attached hydrogen (secondary N) is 2. The van der Waals surface area contributed by atoms with Crippen LogP contribution in [0.2, 0.25) is 0 Å². The van der Waals surface area contributed by atoms with Crippen LogP contribution < -0.4 is 11.1 Å². The van der Waals surface area contributed by atoms with E-state index in [1.54, 1.807) is 6.20 Å². The number of nitrogens with two attached hydrogens (primary N) is 1. The summed E-state index contributed by atoms with van der Waals surface area (Å²) >= 11 is 0. The van der Waals surface area contributed by atoms with Crippen molar-refractivity contribution in [2.45, 2.75) is 6.92 Å². The molecular weight excluding hydrogens is 300 g/mol. The number of rotatable bonds is 2. The minimum atomic E-state index is -0.195. The monoisotopic (exact) mass is 314 g/mol. The van der Waals surface area contributed by atoms with Crippen LogP contribution in [0.15, 0.2) is 42.6 Å². The van der Waals surface area contributed by atoms with E-state index in [0.717, 1.165) is 16.6 Å². The molecule has 0 aliphatic rings. The van der Waals surface area contributed by atoms with Gasteiger partial charge in [-0.3, -0.25) is 10.4 Å². The van der Waals surface area contributed by atoms with Gasteiger partial charge in [-0.15, -0.1) is 22.6 Å². The van der Waals surface area contributed by atoms with E-state index < -0.39 is 0 Å². The molecular formula is C15H15ClN6. The molecule has 22 heavy (non-hydrogen) atoms. The van der Waals surface area contributed by atoms with E-state index in [1.807, 2.05) is 43.3 Å². The average molecular weight is 315 g/mol. The van der Waals surface area contributed by atoms with E-state index in [0.29, 0.717) is 11.3 Å². The molecule has 3 rings (SSSR count). The van der Waals surface area contributed by atoms with Crippen molar-refractivity contribution in [1.82, 2.24) is 15.2 Å². The summed E-state index contributed by atoms with van der Waals surface area (Å²) in [6.45, 7) is 2.04. The van der Waals surface area contributed by atoms with E-state index in [9.17, 15) is 0 Å². The molecule has 7 heteroatoms. The Morgan fingerprint density at radius 3 is 2.55 bits per heavy atom. The van der Waals surface area contributed by atoms with Crippen LogP contribution in [0.1, 0.15) is 5.56 Å². The molecule has 0 aliphatic carbocycles. The van der Waals surface area contributed by atoms with Crippen LogP contribution in [-0.4, -0.2) is 21.1 Å². The van der Waals surface area contributed by atoms with Gasteiger partial charge in [-0.25, -0.2) is 0 Å². The molecule has 3 aromatic rings. The fourth-order valence-electron chi connectivity index (χ4n) is 2.12. The van der Waals surface area contributed by atoms with Crippen molar-refractivity contribution in [3.63, 3.8) is 0 Å². The van der Waals surface area contributed by atoms with Gasteiger partial charge in [0.2, 0.25) is 0 Å². The predicted molar refractivity (Wildman–Crippen MR) is 90.3 cm³/mol. The Bertz CT molecular complexity index is 816. The molecule has 4 N–H and O–H groups in total. The lowest BCUT2D eigenvalue weighted by Crippen LogP contribution is -2.21. The first-order valence-electron chi connectivity index (χ1n) is 6.44. The second kappa shape index (κ2) is 6.36. The van der Waals surface area contributed by atoms with Gasteiger partial charge in [-0.05, 0) is 19.1 Å². The van der Waals surface area contributed by atoms with Crippen LogP contribution in [-0.2, 0) is 0 Å². The summed E-state index contributed by atoms with van der Waals surface area (Å²) in [5.74, 6) is 0.188. The van der Waals surface area contributed by atoms with Gasteiger partial charge in [0.1, 0.15) is 11.2 Å². The van der Waals surface area contributed by atoms with Crippen LogP contribution >= 0.6 is 12.4 Å². The number of pyridine rings is 1. The summed E-state index contributed by atoms with van der Waals surface area (Å²) < 4.78 is 0. The van der Waals surface area contributed by atoms with E-state index in [2.05, 4.69) is 20.5 Å². The molecule has 0 saturated heterocycles. The lowest BCUT2D eigenvalue weighted by Gasteiger charge is -2.09. The first-order valence-corrected chi connectivity index (χ1v) is 6.44. The van der Waals surface area contributed by atoms with Crippen LogP contribution in [0.5, 0.6) is 0 Å². The summed E-state index contributed by atoms with van der Waals surface area (Å²) in [5, 5.41) is 19.2. The number of benzene rings is 1. The molecule has 0 unspecified atom stereocenters. The third kappa shape index (κ3) is 2.96. The summed E-state index contributed by atoms with van der Waals surface area (Å²) in [5.41, 5.74) is 8.91. The fourth-order valence-corrected chi connectivity index (χ4v) is 2.12. The van der Waals surface area contributed by atoms with E-state index in [1.165, 1.54) is 5.56 Å². The maximum Gasteiger partial charge on any atom is 0.191 e. The lowest BCUT2D eigenvalue weighted by atomic mass is 10.1. The molecule has 0 fully saturated rings. The highest BCUT2D eigenvalue weighted by Gasteiger charge is 2.12. The number of aromatic nitrogens is 3. The average Bonchev–Trinajstić information content (AvgIpc) is 2.48. The molecule has 0 bridgehead atoms. The molecule has 1 aromatic carbocycles. The maximum absolute atomic E-state index is 7.32. The zero-order chi connectivity index (χ0) is 14.8. The van der Waals surface area contributed by atoms with Gasteiger partial charge in [0.25, 0.3) is 0 Å². The minimum absolute atomic E-state index is 0. The predicted octanol–water partition coefficient (Wildman–Crippen LogP) is 2.73. The molecule has 0 aliphatic heterocycles. The zero-order valence-electron chi connectivity index (χ0n) is 11.9. The highest BCUT2D eigenvalue weighted by atomic mass is 35.5. The van der Waals surface area contributed by atoms with Gasteiger partial charge in [0, 0.05) is 17.1 Å². The lowest BCUT2D eigenvalue weighted by molar-refractivity contribution is 1.05. The van der Waals surface area contributed by atoms with Crippen molar-refractivity contribution in [1.29, 1.82) is 5.41 Å². The Kier molecular flexibility index (Phi) is 4.53. The minimum Gasteiger partial charge on any atom is -0.370 e. The third-order valence-electron chi connectivity index (χ3n) is 3.12. The van der Waals surface area contributed by atoms with Gasteiger partial charge in [-0.2, -0.15) is 0 Å². The Labute approximate surface area is 133 Å². The van der Waals surface area contributed by atoms with Crippen LogP contribution in [0, 0.1) is 12.3 Å². The van der Waals surface area contributed by atoms with Gasteiger partial charge in [-0.1, -0.05) is 29.8 Å². The van der Waals surface area contributed by atoms with E-state index in [-0.39, 0.29) is 18.4 Å².